The Morgan fingerprint density at radius 2 is 1.94 bits per heavy atom. The lowest BCUT2D eigenvalue weighted by atomic mass is 10.00. The summed E-state index contributed by atoms with van der Waals surface area (Å²) in [5, 5.41) is 15.1. The third-order valence-electron chi connectivity index (χ3n) is 5.40. The maximum atomic E-state index is 12.8. The van der Waals surface area contributed by atoms with Crippen LogP contribution in [-0.4, -0.2) is 77.0 Å². The molecule has 2 saturated heterocycles. The van der Waals surface area contributed by atoms with Gasteiger partial charge in [0.2, 0.25) is 5.91 Å². The molecular formula is C21H30N4O6. The molecule has 1 aromatic carbocycles. The lowest BCUT2D eigenvalue weighted by Crippen LogP contribution is -2.52. The van der Waals surface area contributed by atoms with E-state index in [1.54, 1.807) is 4.90 Å². The molecule has 0 radical (unpaired) electrons. The van der Waals surface area contributed by atoms with E-state index < -0.39 is 17.7 Å². The smallest absolute Gasteiger partial charge is 0.404 e. The Kier molecular flexibility index (Phi) is 7.34. The van der Waals surface area contributed by atoms with Crippen LogP contribution in [-0.2, 0) is 21.0 Å². The molecule has 1 aromatic rings. The Hall–Kier alpha value is -2.85. The van der Waals surface area contributed by atoms with Crippen LogP contribution in [0.1, 0.15) is 32.3 Å². The average Bonchev–Trinajstić information content (AvgIpc) is 2.98. The van der Waals surface area contributed by atoms with Gasteiger partial charge in [0.05, 0.1) is 18.2 Å². The number of nitrogens with zero attached hydrogens (tertiary/aromatic N) is 2. The molecule has 2 heterocycles. The highest BCUT2D eigenvalue weighted by Gasteiger charge is 2.48. The quantitative estimate of drug-likeness (QED) is 0.481. The zero-order valence-corrected chi connectivity index (χ0v) is 17.9. The summed E-state index contributed by atoms with van der Waals surface area (Å²) >= 11 is 0. The van der Waals surface area contributed by atoms with Gasteiger partial charge >= 0.3 is 12.1 Å². The Balaban J connectivity index is 1.47. The monoisotopic (exact) mass is 434 g/mol. The van der Waals surface area contributed by atoms with E-state index in [-0.39, 0.29) is 37.7 Å². The summed E-state index contributed by atoms with van der Waals surface area (Å²) in [6.07, 6.45) is 0.148. The summed E-state index contributed by atoms with van der Waals surface area (Å²) < 4.78 is 5.64. The molecule has 170 valence electrons. The van der Waals surface area contributed by atoms with Crippen molar-refractivity contribution in [2.45, 2.75) is 51.0 Å². The van der Waals surface area contributed by atoms with Crippen LogP contribution in [0.4, 0.5) is 9.59 Å². The van der Waals surface area contributed by atoms with Gasteiger partial charge < -0.3 is 25.4 Å². The van der Waals surface area contributed by atoms with E-state index in [1.165, 1.54) is 5.06 Å². The topological polar surface area (TPSA) is 120 Å². The maximum Gasteiger partial charge on any atom is 0.404 e. The van der Waals surface area contributed by atoms with E-state index in [0.717, 1.165) is 5.56 Å². The largest absolute Gasteiger partial charge is 0.465 e. The summed E-state index contributed by atoms with van der Waals surface area (Å²) in [5.41, 5.74) is 0.300. The predicted octanol–water partition coefficient (Wildman–Crippen LogP) is 1.57. The van der Waals surface area contributed by atoms with Crippen molar-refractivity contribution < 1.29 is 29.1 Å². The van der Waals surface area contributed by atoms with Crippen molar-refractivity contribution in [3.63, 3.8) is 0 Å². The van der Waals surface area contributed by atoms with E-state index in [9.17, 15) is 14.4 Å². The molecule has 0 saturated carbocycles. The number of carbonyl (C=O) groups is 3. The van der Waals surface area contributed by atoms with Crippen LogP contribution in [0.5, 0.6) is 0 Å². The van der Waals surface area contributed by atoms with Gasteiger partial charge in [-0.1, -0.05) is 30.3 Å². The molecule has 0 unspecified atom stereocenters. The molecule has 0 aliphatic carbocycles. The molecule has 4 amide bonds. The first kappa shape index (κ1) is 22.8. The van der Waals surface area contributed by atoms with Gasteiger partial charge in [-0.3, -0.25) is 9.63 Å². The van der Waals surface area contributed by atoms with Crippen molar-refractivity contribution in [1.82, 2.24) is 20.6 Å². The molecule has 3 N–H and O–H groups in total. The second kappa shape index (κ2) is 9.97. The van der Waals surface area contributed by atoms with Gasteiger partial charge in [0, 0.05) is 19.6 Å². The van der Waals surface area contributed by atoms with Crippen molar-refractivity contribution in [2.24, 2.45) is 0 Å². The fraction of sp³-hybridized carbons (Fsp3) is 0.571. The predicted molar refractivity (Wildman–Crippen MR) is 111 cm³/mol. The molecule has 2 bridgehead atoms. The summed E-state index contributed by atoms with van der Waals surface area (Å²) in [6, 6.07) is 8.75. The number of carbonyl (C=O) groups excluding carboxylic acids is 2. The number of rotatable bonds is 10. The van der Waals surface area contributed by atoms with Gasteiger partial charge in [0.15, 0.2) is 0 Å². The van der Waals surface area contributed by atoms with Crippen molar-refractivity contribution >= 4 is 18.0 Å². The van der Waals surface area contributed by atoms with Gasteiger partial charge in [-0.05, 0) is 32.3 Å². The second-order valence-corrected chi connectivity index (χ2v) is 8.32. The highest BCUT2D eigenvalue weighted by Crippen LogP contribution is 2.30. The fourth-order valence-electron chi connectivity index (χ4n) is 3.74. The number of nitrogens with one attached hydrogen (secondary N) is 2. The number of amides is 4. The normalized spacial score (nSPS) is 20.6. The number of carboxylic acid groups (broad SMARTS) is 1. The molecule has 3 rings (SSSR count). The van der Waals surface area contributed by atoms with Crippen molar-refractivity contribution in [3.05, 3.63) is 35.9 Å². The van der Waals surface area contributed by atoms with Crippen LogP contribution in [0.15, 0.2) is 30.3 Å². The minimum Gasteiger partial charge on any atom is -0.465 e. The molecule has 2 aliphatic rings. The molecule has 2 fully saturated rings. The van der Waals surface area contributed by atoms with Crippen LogP contribution >= 0.6 is 0 Å². The number of urea groups is 1. The third-order valence-corrected chi connectivity index (χ3v) is 5.40. The van der Waals surface area contributed by atoms with Gasteiger partial charge in [0.25, 0.3) is 0 Å². The number of piperidine rings is 1. The minimum atomic E-state index is -1.11. The summed E-state index contributed by atoms with van der Waals surface area (Å²) in [4.78, 5) is 43.4. The van der Waals surface area contributed by atoms with Crippen LogP contribution in [0.2, 0.25) is 0 Å². The van der Waals surface area contributed by atoms with E-state index in [2.05, 4.69) is 10.6 Å². The summed E-state index contributed by atoms with van der Waals surface area (Å²) in [5.74, 6) is -0.225. The first-order valence-corrected chi connectivity index (χ1v) is 10.4. The van der Waals surface area contributed by atoms with Gasteiger partial charge in [-0.15, -0.1) is 0 Å². The molecular weight excluding hydrogens is 404 g/mol. The van der Waals surface area contributed by atoms with E-state index in [0.29, 0.717) is 26.0 Å². The van der Waals surface area contributed by atoms with Crippen LogP contribution in [0, 0.1) is 0 Å². The van der Waals surface area contributed by atoms with E-state index in [4.69, 9.17) is 14.7 Å². The Bertz CT molecular complexity index is 787. The summed E-state index contributed by atoms with van der Waals surface area (Å²) in [6.45, 7) is 4.99. The number of hydrogen-bond donors (Lipinski definition) is 3. The Morgan fingerprint density at radius 1 is 1.19 bits per heavy atom. The van der Waals surface area contributed by atoms with Crippen LogP contribution in [0.3, 0.4) is 0 Å². The van der Waals surface area contributed by atoms with E-state index in [1.807, 2.05) is 44.2 Å². The number of benzene rings is 1. The Morgan fingerprint density at radius 3 is 2.65 bits per heavy atom. The summed E-state index contributed by atoms with van der Waals surface area (Å²) in [7, 11) is 0. The highest BCUT2D eigenvalue weighted by molar-refractivity contribution is 5.88. The van der Waals surface area contributed by atoms with Crippen LogP contribution in [0.25, 0.3) is 0 Å². The first-order chi connectivity index (χ1) is 14.8. The molecule has 31 heavy (non-hydrogen) atoms. The average molecular weight is 434 g/mol. The SMILES string of the molecule is CC(C)(CNC(=O)[C@@H]1CC[C@@H]2CN1C(=O)N2OCc1ccccc1)OCCNC(=O)O. The highest BCUT2D eigenvalue weighted by atomic mass is 16.7. The third kappa shape index (κ3) is 6.08. The molecule has 10 heteroatoms. The number of ether oxygens (including phenoxy) is 1. The first-order valence-electron chi connectivity index (χ1n) is 10.4. The van der Waals surface area contributed by atoms with Gasteiger partial charge in [0.1, 0.15) is 12.6 Å². The zero-order valence-electron chi connectivity index (χ0n) is 17.9. The molecule has 2 atom stereocenters. The number of fused-ring (bicyclic) bond motifs is 2. The lowest BCUT2D eigenvalue weighted by molar-refractivity contribution is -0.140. The minimum absolute atomic E-state index is 0.0539. The fourth-order valence-corrected chi connectivity index (χ4v) is 3.74. The van der Waals surface area contributed by atoms with Crippen molar-refractivity contribution in [2.75, 3.05) is 26.2 Å². The molecule has 0 spiro atoms. The maximum absolute atomic E-state index is 12.8. The number of hydrogen-bond acceptors (Lipinski definition) is 5. The zero-order chi connectivity index (χ0) is 22.4. The lowest BCUT2D eigenvalue weighted by Gasteiger charge is -2.31. The molecule has 0 aromatic heterocycles. The van der Waals surface area contributed by atoms with E-state index >= 15 is 0 Å². The van der Waals surface area contributed by atoms with Crippen molar-refractivity contribution in [1.29, 1.82) is 0 Å². The van der Waals surface area contributed by atoms with Gasteiger partial charge in [-0.2, -0.15) is 5.06 Å². The number of hydroxylamine groups is 2. The van der Waals surface area contributed by atoms with Crippen LogP contribution < -0.4 is 10.6 Å². The molecule has 2 aliphatic heterocycles. The van der Waals surface area contributed by atoms with Gasteiger partial charge in [-0.25, -0.2) is 9.59 Å². The van der Waals surface area contributed by atoms with Crippen molar-refractivity contribution in [3.8, 4) is 0 Å². The second-order valence-electron chi connectivity index (χ2n) is 8.32. The Labute approximate surface area is 181 Å². The standard InChI is InChI=1S/C21H30N4O6/c1-21(2,30-11-10-22-19(27)28)14-23-18(26)17-9-8-16-12-24(17)20(29)25(16)31-13-15-6-4-3-5-7-15/h3-7,16-17,22H,8-14H2,1-2H3,(H,23,26)(H,27,28)/t16-,17+/m1/s1. The molecule has 10 nitrogen and oxygen atoms in total.